The van der Waals surface area contributed by atoms with Gasteiger partial charge in [0.05, 0.1) is 13.2 Å². The van der Waals surface area contributed by atoms with E-state index in [1.807, 2.05) is 0 Å². The second-order valence-electron chi connectivity index (χ2n) is 8.32. The molecule has 1 N–H and O–H groups in total. The van der Waals surface area contributed by atoms with Crippen LogP contribution < -0.4 is 5.32 Å². The van der Waals surface area contributed by atoms with Gasteiger partial charge in [-0.1, -0.05) is 110 Å². The lowest BCUT2D eigenvalue weighted by Crippen LogP contribution is -2.42. The Morgan fingerprint density at radius 2 is 1.10 bits per heavy atom. The number of rotatable bonds is 21. The Morgan fingerprint density at radius 3 is 1.60 bits per heavy atom. The van der Waals surface area contributed by atoms with E-state index in [1.54, 1.807) is 6.92 Å². The zero-order valence-electron chi connectivity index (χ0n) is 20.1. The van der Waals surface area contributed by atoms with E-state index in [0.717, 1.165) is 38.5 Å². The van der Waals surface area contributed by atoms with Gasteiger partial charge < -0.3 is 14.8 Å². The van der Waals surface area contributed by atoms with Gasteiger partial charge in [-0.15, -0.1) is 0 Å². The summed E-state index contributed by atoms with van der Waals surface area (Å²) in [5.41, 5.74) is 0. The van der Waals surface area contributed by atoms with Crippen LogP contribution in [0.25, 0.3) is 0 Å². The third-order valence-electron chi connectivity index (χ3n) is 5.44. The van der Waals surface area contributed by atoms with Crippen LogP contribution in [0.1, 0.15) is 130 Å². The Balaban J connectivity index is 3.79. The molecule has 0 aliphatic rings. The van der Waals surface area contributed by atoms with E-state index in [1.165, 1.54) is 64.2 Å². The Labute approximate surface area is 186 Å². The minimum absolute atomic E-state index is 0.294. The third-order valence-corrected chi connectivity index (χ3v) is 5.44. The van der Waals surface area contributed by atoms with E-state index in [4.69, 9.17) is 9.47 Å². The Bertz CT molecular complexity index is 401. The number of hydrogen-bond donors (Lipinski definition) is 1. The summed E-state index contributed by atoms with van der Waals surface area (Å²) in [5, 5.41) is 2.66. The number of carbonyl (C=O) groups excluding carboxylic acids is 2. The number of ether oxygens (including phenoxy) is 2. The molecule has 0 saturated carbocycles. The predicted molar refractivity (Wildman–Crippen MR) is 125 cm³/mol. The van der Waals surface area contributed by atoms with Gasteiger partial charge in [-0.05, 0) is 19.8 Å². The first-order chi connectivity index (χ1) is 14.7. The average molecular weight is 428 g/mol. The normalized spacial score (nSPS) is 11.8. The zero-order valence-corrected chi connectivity index (χ0v) is 20.1. The molecule has 1 atom stereocenters. The van der Waals surface area contributed by atoms with Crippen LogP contribution in [-0.2, 0) is 14.3 Å². The summed E-state index contributed by atoms with van der Waals surface area (Å²) < 4.78 is 10.3. The highest BCUT2D eigenvalue weighted by atomic mass is 16.6. The maximum absolute atomic E-state index is 12.4. The number of amides is 1. The predicted octanol–water partition coefficient (Wildman–Crippen LogP) is 7.32. The van der Waals surface area contributed by atoms with Crippen molar-refractivity contribution in [3.63, 3.8) is 0 Å². The number of hydrogen-bond acceptors (Lipinski definition) is 4. The fraction of sp³-hybridized carbons (Fsp3) is 0.920. The average Bonchev–Trinajstić information content (AvgIpc) is 2.73. The van der Waals surface area contributed by atoms with Crippen LogP contribution in [0.15, 0.2) is 0 Å². The molecule has 178 valence electrons. The summed E-state index contributed by atoms with van der Waals surface area (Å²) in [7, 11) is 0. The molecule has 0 aromatic rings. The summed E-state index contributed by atoms with van der Waals surface area (Å²) in [5.74, 6) is -0.331. The lowest BCUT2D eigenvalue weighted by molar-refractivity contribution is -0.146. The van der Waals surface area contributed by atoms with Crippen LogP contribution in [0.3, 0.4) is 0 Å². The summed E-state index contributed by atoms with van der Waals surface area (Å²) in [6, 6.07) is -0.599. The van der Waals surface area contributed by atoms with Crippen LogP contribution in [-0.4, -0.2) is 31.3 Å². The van der Waals surface area contributed by atoms with E-state index >= 15 is 0 Å². The second-order valence-corrected chi connectivity index (χ2v) is 8.32. The van der Waals surface area contributed by atoms with Gasteiger partial charge in [0.2, 0.25) is 0 Å². The molecule has 0 aliphatic carbocycles. The van der Waals surface area contributed by atoms with Crippen LogP contribution in [0.4, 0.5) is 4.79 Å². The highest BCUT2D eigenvalue weighted by Gasteiger charge is 2.22. The first-order valence-corrected chi connectivity index (χ1v) is 12.8. The molecule has 0 fully saturated rings. The van der Waals surface area contributed by atoms with Crippen LogP contribution in [0, 0.1) is 0 Å². The minimum atomic E-state index is -0.599. The highest BCUT2D eigenvalue weighted by molar-refractivity contribution is 5.81. The topological polar surface area (TPSA) is 64.6 Å². The minimum Gasteiger partial charge on any atom is -0.464 e. The van der Waals surface area contributed by atoms with Gasteiger partial charge in [0, 0.05) is 0 Å². The van der Waals surface area contributed by atoms with Crippen molar-refractivity contribution in [1.82, 2.24) is 5.32 Å². The lowest BCUT2D eigenvalue weighted by atomic mass is 10.1. The first-order valence-electron chi connectivity index (χ1n) is 12.8. The van der Waals surface area contributed by atoms with Crippen molar-refractivity contribution in [2.75, 3.05) is 13.2 Å². The van der Waals surface area contributed by atoms with Crippen molar-refractivity contribution in [2.45, 2.75) is 136 Å². The van der Waals surface area contributed by atoms with Gasteiger partial charge in [-0.3, -0.25) is 0 Å². The summed E-state index contributed by atoms with van der Waals surface area (Å²) in [6.45, 7) is 6.89. The van der Waals surface area contributed by atoms with E-state index in [9.17, 15) is 9.59 Å². The molecule has 0 aliphatic heterocycles. The Kier molecular flexibility index (Phi) is 21.5. The summed E-state index contributed by atoms with van der Waals surface area (Å²) in [4.78, 5) is 24.1. The molecule has 0 spiro atoms. The first kappa shape index (κ1) is 28.7. The summed E-state index contributed by atoms with van der Waals surface area (Å²) >= 11 is 0. The van der Waals surface area contributed by atoms with E-state index in [-0.39, 0.29) is 5.97 Å². The molecule has 1 amide bonds. The van der Waals surface area contributed by atoms with E-state index in [2.05, 4.69) is 19.2 Å². The molecule has 5 nitrogen and oxygen atoms in total. The maximum Gasteiger partial charge on any atom is 0.407 e. The van der Waals surface area contributed by atoms with Gasteiger partial charge in [0.15, 0.2) is 0 Å². The fourth-order valence-electron chi connectivity index (χ4n) is 3.56. The third kappa shape index (κ3) is 18.7. The lowest BCUT2D eigenvalue weighted by Gasteiger charge is -2.17. The largest absolute Gasteiger partial charge is 0.464 e. The maximum atomic E-state index is 12.4. The smallest absolute Gasteiger partial charge is 0.407 e. The molecule has 0 bridgehead atoms. The highest BCUT2D eigenvalue weighted by Crippen LogP contribution is 2.12. The molecule has 0 radical (unpaired) electrons. The quantitative estimate of drug-likeness (QED) is 0.154. The van der Waals surface area contributed by atoms with Crippen LogP contribution >= 0.6 is 0 Å². The molecule has 30 heavy (non-hydrogen) atoms. The molecule has 0 rings (SSSR count). The standard InChI is InChI=1S/C25H49NO4/c1-4-7-9-11-12-13-14-15-16-17-18-20-22-30-24(27)23(21-19-10-8-5-2)26-25(28)29-6-3/h23H,4-22H2,1-3H3,(H,26,28). The van der Waals surface area contributed by atoms with Crippen LogP contribution in [0.5, 0.6) is 0 Å². The SMILES string of the molecule is CCCCCCCCCCCCCCOC(=O)C(CCCCCC)NC(=O)OCC. The number of alkyl carbamates (subject to hydrolysis) is 1. The monoisotopic (exact) mass is 427 g/mol. The number of unbranched alkanes of at least 4 members (excludes halogenated alkanes) is 14. The van der Waals surface area contributed by atoms with Gasteiger partial charge in [0.25, 0.3) is 0 Å². The molecule has 0 heterocycles. The molecular weight excluding hydrogens is 378 g/mol. The van der Waals surface area contributed by atoms with Crippen molar-refractivity contribution in [3.8, 4) is 0 Å². The molecular formula is C25H49NO4. The number of esters is 1. The van der Waals surface area contributed by atoms with E-state index in [0.29, 0.717) is 19.6 Å². The van der Waals surface area contributed by atoms with Gasteiger partial charge >= 0.3 is 12.1 Å². The molecule has 0 aromatic carbocycles. The second kappa shape index (κ2) is 22.4. The van der Waals surface area contributed by atoms with Crippen molar-refractivity contribution < 1.29 is 19.1 Å². The summed E-state index contributed by atoms with van der Waals surface area (Å²) in [6.07, 6.45) is 19.7. The van der Waals surface area contributed by atoms with Gasteiger partial charge in [-0.2, -0.15) is 0 Å². The van der Waals surface area contributed by atoms with Crippen molar-refractivity contribution in [3.05, 3.63) is 0 Å². The fourth-order valence-corrected chi connectivity index (χ4v) is 3.56. The Hall–Kier alpha value is -1.26. The molecule has 0 aromatic heterocycles. The van der Waals surface area contributed by atoms with Crippen LogP contribution in [0.2, 0.25) is 0 Å². The number of nitrogens with one attached hydrogen (secondary N) is 1. The number of carbonyl (C=O) groups is 2. The van der Waals surface area contributed by atoms with Crippen molar-refractivity contribution in [1.29, 1.82) is 0 Å². The van der Waals surface area contributed by atoms with E-state index < -0.39 is 12.1 Å². The molecule has 5 heteroatoms. The molecule has 0 saturated heterocycles. The van der Waals surface area contributed by atoms with Gasteiger partial charge in [-0.25, -0.2) is 9.59 Å². The van der Waals surface area contributed by atoms with Crippen molar-refractivity contribution in [2.24, 2.45) is 0 Å². The van der Waals surface area contributed by atoms with Crippen molar-refractivity contribution >= 4 is 12.1 Å². The van der Waals surface area contributed by atoms with Gasteiger partial charge in [0.1, 0.15) is 6.04 Å². The zero-order chi connectivity index (χ0) is 22.3. The Morgan fingerprint density at radius 1 is 0.633 bits per heavy atom. The molecule has 1 unspecified atom stereocenters.